The van der Waals surface area contributed by atoms with Crippen LogP contribution in [0.2, 0.25) is 23.3 Å². The molecule has 0 radical (unpaired) electrons. The van der Waals surface area contributed by atoms with Gasteiger partial charge in [0.25, 0.3) is 0 Å². The van der Waals surface area contributed by atoms with Gasteiger partial charge in [-0.2, -0.15) is 0 Å². The van der Waals surface area contributed by atoms with Gasteiger partial charge in [0.2, 0.25) is 0 Å². The Morgan fingerprint density at radius 2 is 2.00 bits per heavy atom. The summed E-state index contributed by atoms with van der Waals surface area (Å²) in [5.74, 6) is 1.31. The fraction of sp³-hybridized carbons (Fsp3) is 0.455. The largest absolute Gasteiger partial charge is 0.508 e. The zero-order valence-electron chi connectivity index (χ0n) is 18.0. The fourth-order valence-electron chi connectivity index (χ4n) is 3.03. The van der Waals surface area contributed by atoms with Gasteiger partial charge in [-0.1, -0.05) is 51.4 Å². The van der Waals surface area contributed by atoms with Crippen molar-refractivity contribution in [3.8, 4) is 17.0 Å². The summed E-state index contributed by atoms with van der Waals surface area (Å²) in [5.41, 5.74) is 2.51. The molecule has 0 unspecified atom stereocenters. The topological polar surface area (TPSA) is 59.7 Å². The number of aromatic nitrogens is 3. The highest BCUT2D eigenvalue weighted by molar-refractivity contribution is 6.74. The van der Waals surface area contributed by atoms with Crippen LogP contribution in [0.4, 0.5) is 0 Å². The Morgan fingerprint density at radius 3 is 2.66 bits per heavy atom. The van der Waals surface area contributed by atoms with Crippen molar-refractivity contribution >= 4 is 25.4 Å². The molecule has 0 saturated heterocycles. The van der Waals surface area contributed by atoms with Crippen molar-refractivity contribution in [2.45, 2.75) is 58.2 Å². The SMILES string of the molecule is C[C@@H](CCO[Si](C)(C)C(C)(C)C)c1nc(-c2cccc(O)c2)c2cnc(Cl)cn12. The molecular weight excluding hydrogens is 402 g/mol. The first-order chi connectivity index (χ1) is 13.5. The number of halogens is 1. The standard InChI is InChI=1S/C22H30ClN3O2Si/c1-15(10-11-28-29(5,6)22(2,3)4)21-25-20(16-8-7-9-17(27)12-16)18-13-24-19(23)14-26(18)21/h7-9,12-15,27H,10-11H2,1-6H3/t15-/m0/s1. The third-order valence-corrected chi connectivity index (χ3v) is 10.6. The number of phenols is 1. The van der Waals surface area contributed by atoms with Crippen LogP contribution in [0.1, 0.15) is 45.9 Å². The van der Waals surface area contributed by atoms with Crippen molar-refractivity contribution in [1.82, 2.24) is 14.4 Å². The first kappa shape index (κ1) is 21.8. The number of phenolic OH excluding ortho intramolecular Hbond substituents is 1. The van der Waals surface area contributed by atoms with E-state index in [4.69, 9.17) is 21.0 Å². The normalized spacial score (nSPS) is 13.8. The zero-order valence-corrected chi connectivity index (χ0v) is 19.8. The van der Waals surface area contributed by atoms with Crippen LogP contribution in [0.15, 0.2) is 36.7 Å². The van der Waals surface area contributed by atoms with E-state index < -0.39 is 8.32 Å². The molecule has 0 aliphatic rings. The van der Waals surface area contributed by atoms with Crippen molar-refractivity contribution in [2.75, 3.05) is 6.61 Å². The molecule has 3 aromatic rings. The van der Waals surface area contributed by atoms with Crippen LogP contribution in [0, 0.1) is 0 Å². The second kappa shape index (κ2) is 8.09. The minimum absolute atomic E-state index is 0.178. The van der Waals surface area contributed by atoms with Crippen LogP contribution in [-0.4, -0.2) is 34.4 Å². The lowest BCUT2D eigenvalue weighted by Crippen LogP contribution is -2.41. The molecule has 0 spiro atoms. The predicted octanol–water partition coefficient (Wildman–Crippen LogP) is 6.27. The Hall–Kier alpha value is -1.89. The summed E-state index contributed by atoms with van der Waals surface area (Å²) in [6, 6.07) is 7.12. The molecule has 1 atom stereocenters. The molecule has 0 bridgehead atoms. The maximum atomic E-state index is 9.88. The highest BCUT2D eigenvalue weighted by atomic mass is 35.5. The highest BCUT2D eigenvalue weighted by Gasteiger charge is 2.37. The number of fused-ring (bicyclic) bond motifs is 1. The summed E-state index contributed by atoms with van der Waals surface area (Å²) in [6.45, 7) is 14.2. The van der Waals surface area contributed by atoms with Gasteiger partial charge in [-0.25, -0.2) is 9.97 Å². The van der Waals surface area contributed by atoms with Crippen molar-refractivity contribution < 1.29 is 9.53 Å². The van der Waals surface area contributed by atoms with E-state index in [0.717, 1.165) is 29.0 Å². The first-order valence-electron chi connectivity index (χ1n) is 9.96. The summed E-state index contributed by atoms with van der Waals surface area (Å²) in [6.07, 6.45) is 4.40. The molecule has 156 valence electrons. The van der Waals surface area contributed by atoms with Gasteiger partial charge < -0.3 is 9.53 Å². The number of hydrogen-bond acceptors (Lipinski definition) is 4. The molecule has 7 heteroatoms. The maximum Gasteiger partial charge on any atom is 0.191 e. The van der Waals surface area contributed by atoms with Gasteiger partial charge in [-0.05, 0) is 36.7 Å². The Kier molecular flexibility index (Phi) is 6.08. The molecular formula is C22H30ClN3O2Si. The van der Waals surface area contributed by atoms with Gasteiger partial charge >= 0.3 is 0 Å². The number of aromatic hydroxyl groups is 1. The van der Waals surface area contributed by atoms with Crippen molar-refractivity contribution in [1.29, 1.82) is 0 Å². The van der Waals surface area contributed by atoms with Crippen LogP contribution >= 0.6 is 11.6 Å². The summed E-state index contributed by atoms with van der Waals surface area (Å²) in [7, 11) is -1.78. The number of rotatable bonds is 6. The zero-order chi connectivity index (χ0) is 21.4. The Labute approximate surface area is 178 Å². The van der Waals surface area contributed by atoms with Gasteiger partial charge in [0.1, 0.15) is 16.7 Å². The Balaban J connectivity index is 1.90. The minimum atomic E-state index is -1.78. The quantitative estimate of drug-likeness (QED) is 0.467. The molecule has 2 heterocycles. The first-order valence-corrected chi connectivity index (χ1v) is 13.2. The molecule has 0 aliphatic carbocycles. The third kappa shape index (κ3) is 4.65. The molecule has 1 aromatic carbocycles. The smallest absolute Gasteiger partial charge is 0.191 e. The van der Waals surface area contributed by atoms with Crippen LogP contribution in [-0.2, 0) is 4.43 Å². The second-order valence-electron chi connectivity index (χ2n) is 9.13. The number of hydrogen-bond donors (Lipinski definition) is 1. The van der Waals surface area contributed by atoms with Crippen LogP contribution < -0.4 is 0 Å². The maximum absolute atomic E-state index is 9.88. The Morgan fingerprint density at radius 1 is 1.28 bits per heavy atom. The molecule has 5 nitrogen and oxygen atoms in total. The summed E-state index contributed by atoms with van der Waals surface area (Å²) < 4.78 is 8.37. The average molecular weight is 432 g/mol. The molecule has 3 rings (SSSR count). The molecule has 29 heavy (non-hydrogen) atoms. The molecule has 0 aliphatic heterocycles. The van der Waals surface area contributed by atoms with Gasteiger partial charge in [0, 0.05) is 24.3 Å². The average Bonchev–Trinajstić information content (AvgIpc) is 2.99. The van der Waals surface area contributed by atoms with Crippen LogP contribution in [0.3, 0.4) is 0 Å². The van der Waals surface area contributed by atoms with E-state index in [2.05, 4.69) is 45.8 Å². The summed E-state index contributed by atoms with van der Waals surface area (Å²) >= 11 is 6.17. The van der Waals surface area contributed by atoms with Gasteiger partial charge in [-0.15, -0.1) is 0 Å². The molecule has 0 amide bonds. The summed E-state index contributed by atoms with van der Waals surface area (Å²) in [5, 5.41) is 10.5. The van der Waals surface area contributed by atoms with Gasteiger partial charge in [-0.3, -0.25) is 4.40 Å². The Bertz CT molecular complexity index is 1010. The monoisotopic (exact) mass is 431 g/mol. The number of benzene rings is 1. The fourth-order valence-corrected chi connectivity index (χ4v) is 4.24. The predicted molar refractivity (Wildman–Crippen MR) is 121 cm³/mol. The number of imidazole rings is 1. The van der Waals surface area contributed by atoms with E-state index >= 15 is 0 Å². The summed E-state index contributed by atoms with van der Waals surface area (Å²) in [4.78, 5) is 9.15. The van der Waals surface area contributed by atoms with E-state index in [9.17, 15) is 5.11 Å². The second-order valence-corrected chi connectivity index (χ2v) is 14.3. The minimum Gasteiger partial charge on any atom is -0.508 e. The van der Waals surface area contributed by atoms with Gasteiger partial charge in [0.15, 0.2) is 8.32 Å². The van der Waals surface area contributed by atoms with Crippen LogP contribution in [0.25, 0.3) is 16.8 Å². The van der Waals surface area contributed by atoms with Crippen molar-refractivity contribution in [3.63, 3.8) is 0 Å². The lowest BCUT2D eigenvalue weighted by molar-refractivity contribution is 0.272. The number of nitrogens with zero attached hydrogens (tertiary/aromatic N) is 3. The van der Waals surface area contributed by atoms with E-state index in [1.54, 1.807) is 24.5 Å². The van der Waals surface area contributed by atoms with Crippen LogP contribution in [0.5, 0.6) is 5.75 Å². The lowest BCUT2D eigenvalue weighted by Gasteiger charge is -2.36. The van der Waals surface area contributed by atoms with Crippen molar-refractivity contribution in [2.24, 2.45) is 0 Å². The lowest BCUT2D eigenvalue weighted by atomic mass is 10.1. The van der Waals surface area contributed by atoms with Crippen molar-refractivity contribution in [3.05, 3.63) is 47.6 Å². The highest BCUT2D eigenvalue weighted by Crippen LogP contribution is 2.37. The van der Waals surface area contributed by atoms with E-state index in [1.165, 1.54) is 0 Å². The third-order valence-electron chi connectivity index (χ3n) is 5.90. The molecule has 0 fully saturated rings. The molecule has 1 N–H and O–H groups in total. The van der Waals surface area contributed by atoms with E-state index in [-0.39, 0.29) is 16.7 Å². The molecule has 2 aromatic heterocycles. The van der Waals surface area contributed by atoms with E-state index in [0.29, 0.717) is 11.8 Å². The van der Waals surface area contributed by atoms with Gasteiger partial charge in [0.05, 0.1) is 17.4 Å². The van der Waals surface area contributed by atoms with E-state index in [1.807, 2.05) is 16.5 Å². The molecule has 0 saturated carbocycles.